The van der Waals surface area contributed by atoms with E-state index in [4.69, 9.17) is 0 Å². The summed E-state index contributed by atoms with van der Waals surface area (Å²) >= 11 is 0. The average Bonchev–Trinajstić information content (AvgIpc) is 2.65. The number of rotatable bonds is 5. The number of carbonyl (C=O) groups is 1. The Morgan fingerprint density at radius 1 is 1.00 bits per heavy atom. The van der Waals surface area contributed by atoms with E-state index in [1.807, 2.05) is 11.0 Å². The number of nitrogens with zero attached hydrogens (tertiary/aromatic N) is 2. The zero-order chi connectivity index (χ0) is 18.4. The van der Waals surface area contributed by atoms with Gasteiger partial charge in [0.15, 0.2) is 0 Å². The molecule has 2 aromatic rings. The van der Waals surface area contributed by atoms with Gasteiger partial charge in [0.2, 0.25) is 5.91 Å². The molecule has 0 saturated carbocycles. The third kappa shape index (κ3) is 5.06. The molecule has 0 radical (unpaired) electrons. The van der Waals surface area contributed by atoms with Crippen molar-refractivity contribution in [2.24, 2.45) is 0 Å². The van der Waals surface area contributed by atoms with Crippen molar-refractivity contribution in [2.75, 3.05) is 32.7 Å². The second-order valence-corrected chi connectivity index (χ2v) is 7.10. The SMILES string of the molecule is Cc1ccc(CC(=O)N2CCN(C/C=C/c3ccccc3)CC2)c(C)c1. The molecule has 0 N–H and O–H groups in total. The standard InChI is InChI=1S/C23H28N2O/c1-19-10-11-22(20(2)17-19)18-23(26)25-15-13-24(14-16-25)12-6-9-21-7-4-3-5-8-21/h3-11,17H,12-16,18H2,1-2H3/b9-6+. The Balaban J connectivity index is 1.45. The summed E-state index contributed by atoms with van der Waals surface area (Å²) < 4.78 is 0. The average molecular weight is 348 g/mol. The monoisotopic (exact) mass is 348 g/mol. The molecule has 26 heavy (non-hydrogen) atoms. The first kappa shape index (κ1) is 18.4. The summed E-state index contributed by atoms with van der Waals surface area (Å²) in [5.74, 6) is 0.247. The number of carbonyl (C=O) groups excluding carboxylic acids is 1. The van der Waals surface area contributed by atoms with Crippen molar-refractivity contribution in [3.05, 3.63) is 76.9 Å². The highest BCUT2D eigenvalue weighted by atomic mass is 16.2. The van der Waals surface area contributed by atoms with Crippen LogP contribution in [0.15, 0.2) is 54.6 Å². The lowest BCUT2D eigenvalue weighted by molar-refractivity contribution is -0.132. The van der Waals surface area contributed by atoms with Gasteiger partial charge in [-0.25, -0.2) is 0 Å². The molecule has 1 saturated heterocycles. The minimum Gasteiger partial charge on any atom is -0.340 e. The van der Waals surface area contributed by atoms with Crippen LogP contribution >= 0.6 is 0 Å². The normalized spacial score (nSPS) is 15.5. The van der Waals surface area contributed by atoms with E-state index in [1.165, 1.54) is 16.7 Å². The molecule has 1 aliphatic heterocycles. The van der Waals surface area contributed by atoms with Crippen molar-refractivity contribution in [1.29, 1.82) is 0 Å². The van der Waals surface area contributed by atoms with Gasteiger partial charge in [0.05, 0.1) is 6.42 Å². The maximum Gasteiger partial charge on any atom is 0.227 e. The van der Waals surface area contributed by atoms with Crippen LogP contribution in [0.1, 0.15) is 22.3 Å². The van der Waals surface area contributed by atoms with Crippen molar-refractivity contribution in [2.45, 2.75) is 20.3 Å². The van der Waals surface area contributed by atoms with Gasteiger partial charge in [0.25, 0.3) is 0 Å². The third-order valence-corrected chi connectivity index (χ3v) is 5.04. The fourth-order valence-corrected chi connectivity index (χ4v) is 3.40. The van der Waals surface area contributed by atoms with E-state index >= 15 is 0 Å². The van der Waals surface area contributed by atoms with Crippen LogP contribution in [0.3, 0.4) is 0 Å². The lowest BCUT2D eigenvalue weighted by Crippen LogP contribution is -2.49. The molecular weight excluding hydrogens is 320 g/mol. The van der Waals surface area contributed by atoms with E-state index in [0.717, 1.165) is 38.3 Å². The summed E-state index contributed by atoms with van der Waals surface area (Å²) in [5, 5.41) is 0. The summed E-state index contributed by atoms with van der Waals surface area (Å²) in [4.78, 5) is 17.0. The van der Waals surface area contributed by atoms with Gasteiger partial charge in [0, 0.05) is 32.7 Å². The Morgan fingerprint density at radius 3 is 2.42 bits per heavy atom. The van der Waals surface area contributed by atoms with E-state index < -0.39 is 0 Å². The number of hydrogen-bond acceptors (Lipinski definition) is 2. The Kier molecular flexibility index (Phi) is 6.24. The van der Waals surface area contributed by atoms with Crippen LogP contribution in [0.5, 0.6) is 0 Å². The minimum absolute atomic E-state index is 0.247. The molecule has 3 rings (SSSR count). The molecule has 0 spiro atoms. The Hall–Kier alpha value is -2.39. The van der Waals surface area contributed by atoms with Crippen LogP contribution in [0, 0.1) is 13.8 Å². The number of hydrogen-bond donors (Lipinski definition) is 0. The van der Waals surface area contributed by atoms with Crippen LogP contribution in [0.4, 0.5) is 0 Å². The maximum absolute atomic E-state index is 12.6. The molecular formula is C23H28N2O. The molecule has 0 atom stereocenters. The summed E-state index contributed by atoms with van der Waals surface area (Å²) in [6.07, 6.45) is 4.89. The van der Waals surface area contributed by atoms with Crippen LogP contribution in [0.2, 0.25) is 0 Å². The Bertz CT molecular complexity index is 759. The fourth-order valence-electron chi connectivity index (χ4n) is 3.40. The lowest BCUT2D eigenvalue weighted by Gasteiger charge is -2.34. The van der Waals surface area contributed by atoms with E-state index in [9.17, 15) is 4.79 Å². The lowest BCUT2D eigenvalue weighted by atomic mass is 10.0. The van der Waals surface area contributed by atoms with Crippen molar-refractivity contribution in [3.63, 3.8) is 0 Å². The van der Waals surface area contributed by atoms with Gasteiger partial charge in [-0.15, -0.1) is 0 Å². The molecule has 0 unspecified atom stereocenters. The van der Waals surface area contributed by atoms with Crippen molar-refractivity contribution < 1.29 is 4.79 Å². The molecule has 136 valence electrons. The second kappa shape index (κ2) is 8.81. The third-order valence-electron chi connectivity index (χ3n) is 5.04. The van der Waals surface area contributed by atoms with Gasteiger partial charge < -0.3 is 4.90 Å². The molecule has 1 heterocycles. The highest BCUT2D eigenvalue weighted by Crippen LogP contribution is 2.13. The van der Waals surface area contributed by atoms with Crippen LogP contribution in [0.25, 0.3) is 6.08 Å². The van der Waals surface area contributed by atoms with Crippen molar-refractivity contribution >= 4 is 12.0 Å². The molecule has 3 nitrogen and oxygen atoms in total. The predicted octanol–water partition coefficient (Wildman–Crippen LogP) is 3.70. The fraction of sp³-hybridized carbons (Fsp3) is 0.348. The molecule has 2 aromatic carbocycles. The molecule has 0 bridgehead atoms. The summed E-state index contributed by atoms with van der Waals surface area (Å²) in [5.41, 5.74) is 4.84. The number of aryl methyl sites for hydroxylation is 2. The van der Waals surface area contributed by atoms with E-state index in [2.05, 4.69) is 73.4 Å². The molecule has 3 heteroatoms. The molecule has 1 amide bonds. The zero-order valence-electron chi connectivity index (χ0n) is 15.8. The number of piperazine rings is 1. The van der Waals surface area contributed by atoms with Gasteiger partial charge in [-0.3, -0.25) is 9.69 Å². The van der Waals surface area contributed by atoms with Crippen LogP contribution < -0.4 is 0 Å². The smallest absolute Gasteiger partial charge is 0.227 e. The zero-order valence-corrected chi connectivity index (χ0v) is 15.8. The highest BCUT2D eigenvalue weighted by molar-refractivity contribution is 5.79. The van der Waals surface area contributed by atoms with Gasteiger partial charge in [0.1, 0.15) is 0 Å². The van der Waals surface area contributed by atoms with E-state index in [1.54, 1.807) is 0 Å². The summed E-state index contributed by atoms with van der Waals surface area (Å²) in [6, 6.07) is 16.7. The van der Waals surface area contributed by atoms with E-state index in [0.29, 0.717) is 6.42 Å². The predicted molar refractivity (Wildman–Crippen MR) is 108 cm³/mol. The second-order valence-electron chi connectivity index (χ2n) is 7.10. The van der Waals surface area contributed by atoms with Crippen LogP contribution in [-0.2, 0) is 11.2 Å². The van der Waals surface area contributed by atoms with Crippen molar-refractivity contribution in [3.8, 4) is 0 Å². The first-order valence-electron chi connectivity index (χ1n) is 9.39. The van der Waals surface area contributed by atoms with Gasteiger partial charge in [-0.1, -0.05) is 66.2 Å². The minimum atomic E-state index is 0.247. The van der Waals surface area contributed by atoms with E-state index in [-0.39, 0.29) is 5.91 Å². The van der Waals surface area contributed by atoms with Gasteiger partial charge >= 0.3 is 0 Å². The molecule has 1 fully saturated rings. The van der Waals surface area contributed by atoms with Crippen LogP contribution in [-0.4, -0.2) is 48.4 Å². The highest BCUT2D eigenvalue weighted by Gasteiger charge is 2.20. The number of amides is 1. The van der Waals surface area contributed by atoms with Gasteiger partial charge in [-0.05, 0) is 30.5 Å². The largest absolute Gasteiger partial charge is 0.340 e. The topological polar surface area (TPSA) is 23.6 Å². The summed E-state index contributed by atoms with van der Waals surface area (Å²) in [6.45, 7) is 8.64. The Labute approximate surface area is 156 Å². The quantitative estimate of drug-likeness (QED) is 0.822. The summed E-state index contributed by atoms with van der Waals surface area (Å²) in [7, 11) is 0. The first-order valence-corrected chi connectivity index (χ1v) is 9.39. The molecule has 0 aromatic heterocycles. The Morgan fingerprint density at radius 2 is 1.73 bits per heavy atom. The van der Waals surface area contributed by atoms with Gasteiger partial charge in [-0.2, -0.15) is 0 Å². The molecule has 1 aliphatic rings. The maximum atomic E-state index is 12.6. The molecule has 0 aliphatic carbocycles. The number of benzene rings is 2. The first-order chi connectivity index (χ1) is 12.6. The van der Waals surface area contributed by atoms with Crippen molar-refractivity contribution in [1.82, 2.24) is 9.80 Å².